The lowest BCUT2D eigenvalue weighted by Crippen LogP contribution is -1.94. The van der Waals surface area contributed by atoms with Gasteiger partial charge in [0.25, 0.3) is 0 Å². The van der Waals surface area contributed by atoms with Gasteiger partial charge in [-0.3, -0.25) is 9.97 Å². The summed E-state index contributed by atoms with van der Waals surface area (Å²) in [6.45, 7) is 4.00. The van der Waals surface area contributed by atoms with E-state index in [1.165, 1.54) is 60.9 Å². The van der Waals surface area contributed by atoms with Crippen molar-refractivity contribution in [3.63, 3.8) is 0 Å². The zero-order chi connectivity index (χ0) is 35.7. The Morgan fingerprint density at radius 1 is 0.358 bits per heavy atom. The number of fused-ring (bicyclic) bond motifs is 6. The molecule has 0 bridgehead atoms. The molecule has 0 unspecified atom stereocenters. The summed E-state index contributed by atoms with van der Waals surface area (Å²) in [5.41, 5.74) is 14.5. The Balaban J connectivity index is 0.00000183. The molecular formula is C49H38N4. The van der Waals surface area contributed by atoms with Gasteiger partial charge in [0.2, 0.25) is 0 Å². The average Bonchev–Trinajstić information content (AvgIpc) is 3.76. The van der Waals surface area contributed by atoms with Crippen LogP contribution in [0.2, 0.25) is 0 Å². The summed E-state index contributed by atoms with van der Waals surface area (Å²) in [6.07, 6.45) is 8.44. The fraction of sp³-hybridized carbons (Fsp3) is 0.0612. The zero-order valence-corrected chi connectivity index (χ0v) is 29.8. The molecule has 0 radical (unpaired) electrons. The predicted molar refractivity (Wildman–Crippen MR) is 222 cm³/mol. The summed E-state index contributed by atoms with van der Waals surface area (Å²) in [7, 11) is 0. The van der Waals surface area contributed by atoms with Gasteiger partial charge in [0.05, 0.1) is 22.1 Å². The summed E-state index contributed by atoms with van der Waals surface area (Å²) < 4.78 is 4.65. The van der Waals surface area contributed by atoms with E-state index in [9.17, 15) is 0 Å². The summed E-state index contributed by atoms with van der Waals surface area (Å²) in [5, 5.41) is 4.79. The maximum Gasteiger partial charge on any atom is 0.0572 e. The molecule has 0 spiro atoms. The maximum atomic E-state index is 4.36. The quantitative estimate of drug-likeness (QED) is 0.175. The second-order valence-electron chi connectivity index (χ2n) is 13.2. The highest BCUT2D eigenvalue weighted by Gasteiger charge is 2.13. The molecular weight excluding hydrogens is 645 g/mol. The average molecular weight is 683 g/mol. The van der Waals surface area contributed by atoms with Crippen LogP contribution in [0.15, 0.2) is 183 Å². The minimum absolute atomic E-state index is 0.893. The van der Waals surface area contributed by atoms with Crippen molar-refractivity contribution in [1.29, 1.82) is 0 Å². The van der Waals surface area contributed by atoms with Crippen LogP contribution in [0, 0.1) is 0 Å². The van der Waals surface area contributed by atoms with Crippen LogP contribution in [-0.2, 0) is 6.42 Å². The number of hydrogen-bond acceptors (Lipinski definition) is 2. The van der Waals surface area contributed by atoms with E-state index in [0.29, 0.717) is 0 Å². The van der Waals surface area contributed by atoms with E-state index in [-0.39, 0.29) is 0 Å². The lowest BCUT2D eigenvalue weighted by molar-refractivity contribution is 1.17. The first kappa shape index (κ1) is 32.1. The Bertz CT molecular complexity index is 2540. The maximum absolute atomic E-state index is 4.36. The Morgan fingerprint density at radius 3 is 1.09 bits per heavy atom. The molecule has 10 rings (SSSR count). The third kappa shape index (κ3) is 5.75. The van der Waals surface area contributed by atoms with Crippen LogP contribution in [0.25, 0.3) is 77.2 Å². The first-order valence-electron chi connectivity index (χ1n) is 18.3. The molecule has 0 saturated heterocycles. The standard InChI is InChI=1S/C47H32N4.C2H6/c1-3-7-44-40(5-1)41-6-2-4-8-45(41)50(44)38-21-17-36(18-22-38)34-13-9-32(10-14-34)29-33-11-15-35(16-12-33)37-19-23-39(24-20-37)51-46-25-27-48-30-42(46)43-31-49-28-26-47(43)51;1-2/h1-28,30-31H,29H2;1-2H3. The molecule has 0 aliphatic heterocycles. The number of pyridine rings is 2. The molecule has 4 aromatic heterocycles. The summed E-state index contributed by atoms with van der Waals surface area (Å²) >= 11 is 0. The van der Waals surface area contributed by atoms with Gasteiger partial charge < -0.3 is 9.13 Å². The molecule has 10 aromatic rings. The lowest BCUT2D eigenvalue weighted by atomic mass is 9.98. The summed E-state index contributed by atoms with van der Waals surface area (Å²) in [4.78, 5) is 8.71. The van der Waals surface area contributed by atoms with Crippen LogP contribution in [0.1, 0.15) is 25.0 Å². The van der Waals surface area contributed by atoms with Gasteiger partial charge in [-0.1, -0.05) is 123 Å². The summed E-state index contributed by atoms with van der Waals surface area (Å²) in [5.74, 6) is 0. The van der Waals surface area contributed by atoms with Gasteiger partial charge in [-0.15, -0.1) is 0 Å². The number of nitrogens with zero attached hydrogens (tertiary/aromatic N) is 4. The summed E-state index contributed by atoms with van der Waals surface area (Å²) in [6, 6.07) is 57.1. The molecule has 0 aliphatic carbocycles. The van der Waals surface area contributed by atoms with Crippen LogP contribution in [0.5, 0.6) is 0 Å². The Labute approximate surface area is 309 Å². The molecule has 53 heavy (non-hydrogen) atoms. The lowest BCUT2D eigenvalue weighted by Gasteiger charge is -2.10. The molecule has 0 amide bonds. The monoisotopic (exact) mass is 682 g/mol. The molecule has 4 nitrogen and oxygen atoms in total. The van der Waals surface area contributed by atoms with E-state index < -0.39 is 0 Å². The first-order chi connectivity index (χ1) is 26.3. The first-order valence-corrected chi connectivity index (χ1v) is 18.3. The number of rotatable bonds is 6. The smallest absolute Gasteiger partial charge is 0.0572 e. The van der Waals surface area contributed by atoms with Crippen molar-refractivity contribution in [1.82, 2.24) is 19.1 Å². The second-order valence-corrected chi connectivity index (χ2v) is 13.2. The van der Waals surface area contributed by atoms with Crippen LogP contribution in [0.3, 0.4) is 0 Å². The third-order valence-corrected chi connectivity index (χ3v) is 10.2. The molecule has 6 aromatic carbocycles. The molecule has 0 atom stereocenters. The highest BCUT2D eigenvalue weighted by atomic mass is 15.0. The van der Waals surface area contributed by atoms with Crippen LogP contribution >= 0.6 is 0 Å². The van der Waals surface area contributed by atoms with Gasteiger partial charge in [-0.2, -0.15) is 0 Å². The normalized spacial score (nSPS) is 11.3. The van der Waals surface area contributed by atoms with E-state index in [1.54, 1.807) is 0 Å². The van der Waals surface area contributed by atoms with Crippen molar-refractivity contribution in [3.8, 4) is 33.6 Å². The molecule has 4 heteroatoms. The van der Waals surface area contributed by atoms with Gasteiger partial charge >= 0.3 is 0 Å². The van der Waals surface area contributed by atoms with Gasteiger partial charge in [0.15, 0.2) is 0 Å². The largest absolute Gasteiger partial charge is 0.309 e. The van der Waals surface area contributed by atoms with E-state index in [2.05, 4.69) is 177 Å². The van der Waals surface area contributed by atoms with Crippen molar-refractivity contribution in [2.45, 2.75) is 20.3 Å². The number of para-hydroxylation sites is 2. The topological polar surface area (TPSA) is 35.6 Å². The number of benzene rings is 6. The van der Waals surface area contributed by atoms with Crippen LogP contribution < -0.4 is 0 Å². The van der Waals surface area contributed by atoms with Crippen molar-refractivity contribution in [3.05, 3.63) is 194 Å². The highest BCUT2D eigenvalue weighted by molar-refractivity contribution is 6.09. The van der Waals surface area contributed by atoms with E-state index in [1.807, 2.05) is 38.6 Å². The molecule has 4 heterocycles. The molecule has 254 valence electrons. The van der Waals surface area contributed by atoms with Crippen molar-refractivity contribution in [2.75, 3.05) is 0 Å². The van der Waals surface area contributed by atoms with Gasteiger partial charge in [0.1, 0.15) is 0 Å². The Morgan fingerprint density at radius 2 is 0.698 bits per heavy atom. The van der Waals surface area contributed by atoms with E-state index in [4.69, 9.17) is 0 Å². The zero-order valence-electron chi connectivity index (χ0n) is 29.8. The third-order valence-electron chi connectivity index (χ3n) is 10.2. The fourth-order valence-electron chi connectivity index (χ4n) is 7.66. The number of aromatic nitrogens is 4. The van der Waals surface area contributed by atoms with E-state index >= 15 is 0 Å². The minimum atomic E-state index is 0.893. The van der Waals surface area contributed by atoms with E-state index in [0.717, 1.165) is 33.9 Å². The van der Waals surface area contributed by atoms with Crippen LogP contribution in [-0.4, -0.2) is 19.1 Å². The molecule has 0 aliphatic rings. The molecule has 0 fully saturated rings. The van der Waals surface area contributed by atoms with Crippen LogP contribution in [0.4, 0.5) is 0 Å². The SMILES string of the molecule is CC.c1ccc2c(c1)c1ccccc1n2-c1ccc(-c2ccc(Cc3ccc(-c4ccc(-n5c6ccncc6c6cnccc65)cc4)cc3)cc2)cc1. The van der Waals surface area contributed by atoms with Gasteiger partial charge in [-0.25, -0.2) is 0 Å². The van der Waals surface area contributed by atoms with Crippen molar-refractivity contribution >= 4 is 43.6 Å². The second kappa shape index (κ2) is 13.7. The predicted octanol–water partition coefficient (Wildman–Crippen LogP) is 12.6. The van der Waals surface area contributed by atoms with Gasteiger partial charge in [-0.05, 0) is 88.3 Å². The number of hydrogen-bond donors (Lipinski definition) is 0. The Hall–Kier alpha value is -6.78. The van der Waals surface area contributed by atoms with Crippen molar-refractivity contribution in [2.24, 2.45) is 0 Å². The Kier molecular flexibility index (Phi) is 8.33. The minimum Gasteiger partial charge on any atom is -0.309 e. The highest BCUT2D eigenvalue weighted by Crippen LogP contribution is 2.34. The molecule has 0 N–H and O–H groups in total. The molecule has 0 saturated carbocycles. The van der Waals surface area contributed by atoms with Gasteiger partial charge in [0, 0.05) is 57.7 Å². The fourth-order valence-corrected chi connectivity index (χ4v) is 7.66. The van der Waals surface area contributed by atoms with Crippen molar-refractivity contribution < 1.29 is 0 Å².